The monoisotopic (exact) mass is 229 g/mol. The number of fused-ring (bicyclic) bond motifs is 1. The van der Waals surface area contributed by atoms with Crippen molar-refractivity contribution in [3.8, 4) is 0 Å². The average Bonchev–Trinajstić information content (AvgIpc) is 2.74. The van der Waals surface area contributed by atoms with Crippen molar-refractivity contribution in [3.05, 3.63) is 53.6 Å². The second kappa shape index (κ2) is 4.13. The van der Waals surface area contributed by atoms with Gasteiger partial charge in [-0.05, 0) is 24.0 Å². The van der Waals surface area contributed by atoms with Gasteiger partial charge in [0.1, 0.15) is 0 Å². The molecule has 3 nitrogen and oxygen atoms in total. The predicted molar refractivity (Wildman–Crippen MR) is 63.3 cm³/mol. The molecule has 0 radical (unpaired) electrons. The van der Waals surface area contributed by atoms with Crippen LogP contribution >= 0.6 is 0 Å². The molecule has 0 bridgehead atoms. The molecule has 0 saturated carbocycles. The van der Waals surface area contributed by atoms with Crippen molar-refractivity contribution >= 4 is 5.95 Å². The minimum Gasteiger partial charge on any atom is -0.351 e. The van der Waals surface area contributed by atoms with Crippen molar-refractivity contribution in [3.63, 3.8) is 0 Å². The third-order valence-corrected chi connectivity index (χ3v) is 3.00. The zero-order valence-corrected chi connectivity index (χ0v) is 9.23. The van der Waals surface area contributed by atoms with E-state index < -0.39 is 5.82 Å². The van der Waals surface area contributed by atoms with Gasteiger partial charge in [0.15, 0.2) is 5.82 Å². The molecular weight excluding hydrogens is 217 g/mol. The topological polar surface area (TPSA) is 37.8 Å². The Morgan fingerprint density at radius 1 is 1.06 bits per heavy atom. The van der Waals surface area contributed by atoms with E-state index in [1.165, 1.54) is 23.5 Å². The number of benzene rings is 1. The van der Waals surface area contributed by atoms with Crippen LogP contribution in [0.1, 0.15) is 11.1 Å². The average molecular weight is 229 g/mol. The molecule has 1 heterocycles. The maximum atomic E-state index is 12.7. The zero-order valence-electron chi connectivity index (χ0n) is 9.23. The Morgan fingerprint density at radius 2 is 1.65 bits per heavy atom. The number of hydrogen-bond acceptors (Lipinski definition) is 3. The van der Waals surface area contributed by atoms with Gasteiger partial charge in [-0.3, -0.25) is 0 Å². The Balaban J connectivity index is 1.71. The number of aromatic nitrogens is 2. The van der Waals surface area contributed by atoms with Gasteiger partial charge in [0.05, 0.1) is 12.4 Å². The summed E-state index contributed by atoms with van der Waals surface area (Å²) in [5.74, 6) is 0.0782. The molecule has 1 N–H and O–H groups in total. The summed E-state index contributed by atoms with van der Waals surface area (Å²) >= 11 is 0. The van der Waals surface area contributed by atoms with Gasteiger partial charge >= 0.3 is 0 Å². The SMILES string of the molecule is Fc1cnc(NC2Cc3ccccc3C2)nc1. The predicted octanol–water partition coefficient (Wildman–Crippen LogP) is 2.20. The third-order valence-electron chi connectivity index (χ3n) is 3.00. The van der Waals surface area contributed by atoms with E-state index in [0.29, 0.717) is 12.0 Å². The van der Waals surface area contributed by atoms with E-state index in [4.69, 9.17) is 0 Å². The van der Waals surface area contributed by atoms with E-state index >= 15 is 0 Å². The largest absolute Gasteiger partial charge is 0.351 e. The van der Waals surface area contributed by atoms with Crippen molar-refractivity contribution < 1.29 is 4.39 Å². The summed E-state index contributed by atoms with van der Waals surface area (Å²) in [6.07, 6.45) is 4.29. The number of rotatable bonds is 2. The van der Waals surface area contributed by atoms with Gasteiger partial charge in [0.2, 0.25) is 5.95 Å². The third kappa shape index (κ3) is 2.11. The summed E-state index contributed by atoms with van der Waals surface area (Å²) < 4.78 is 12.7. The van der Waals surface area contributed by atoms with Gasteiger partial charge in [-0.1, -0.05) is 24.3 Å². The first-order chi connectivity index (χ1) is 8.31. The van der Waals surface area contributed by atoms with Crippen LogP contribution in [-0.4, -0.2) is 16.0 Å². The van der Waals surface area contributed by atoms with Crippen LogP contribution in [0, 0.1) is 5.82 Å². The van der Waals surface area contributed by atoms with E-state index in [1.807, 2.05) is 0 Å². The van der Waals surface area contributed by atoms with Gasteiger partial charge in [-0.2, -0.15) is 0 Å². The molecule has 4 heteroatoms. The van der Waals surface area contributed by atoms with Crippen LogP contribution in [0.3, 0.4) is 0 Å². The highest BCUT2D eigenvalue weighted by atomic mass is 19.1. The van der Waals surface area contributed by atoms with Crippen LogP contribution in [0.4, 0.5) is 10.3 Å². The number of halogens is 1. The summed E-state index contributed by atoms with van der Waals surface area (Å²) in [6, 6.07) is 8.69. The van der Waals surface area contributed by atoms with E-state index in [-0.39, 0.29) is 0 Å². The second-order valence-electron chi connectivity index (χ2n) is 4.24. The molecule has 1 aromatic carbocycles. The van der Waals surface area contributed by atoms with Gasteiger partial charge in [0.25, 0.3) is 0 Å². The van der Waals surface area contributed by atoms with Crippen LogP contribution < -0.4 is 5.32 Å². The lowest BCUT2D eigenvalue weighted by molar-refractivity contribution is 0.613. The number of hydrogen-bond donors (Lipinski definition) is 1. The Labute approximate surface area is 98.7 Å². The summed E-state index contributed by atoms with van der Waals surface area (Å²) in [4.78, 5) is 7.81. The molecule has 3 rings (SSSR count). The highest BCUT2D eigenvalue weighted by Crippen LogP contribution is 2.23. The van der Waals surface area contributed by atoms with Gasteiger partial charge in [-0.25, -0.2) is 14.4 Å². The lowest BCUT2D eigenvalue weighted by Gasteiger charge is -2.10. The molecule has 0 amide bonds. The van der Waals surface area contributed by atoms with Crippen LogP contribution in [0.5, 0.6) is 0 Å². The summed E-state index contributed by atoms with van der Waals surface area (Å²) in [6.45, 7) is 0. The highest BCUT2D eigenvalue weighted by molar-refractivity contribution is 5.37. The Morgan fingerprint density at radius 3 is 2.24 bits per heavy atom. The minimum absolute atomic E-state index is 0.304. The fourth-order valence-electron chi connectivity index (χ4n) is 2.23. The first-order valence-electron chi connectivity index (χ1n) is 5.62. The molecule has 17 heavy (non-hydrogen) atoms. The molecule has 0 aliphatic heterocycles. The fraction of sp³-hybridized carbons (Fsp3) is 0.231. The Kier molecular flexibility index (Phi) is 2.48. The quantitative estimate of drug-likeness (QED) is 0.857. The van der Waals surface area contributed by atoms with Crippen molar-refractivity contribution in [1.29, 1.82) is 0 Å². The highest BCUT2D eigenvalue weighted by Gasteiger charge is 2.21. The van der Waals surface area contributed by atoms with Crippen molar-refractivity contribution in [2.75, 3.05) is 5.32 Å². The van der Waals surface area contributed by atoms with Crippen molar-refractivity contribution in [2.45, 2.75) is 18.9 Å². The van der Waals surface area contributed by atoms with Crippen molar-refractivity contribution in [1.82, 2.24) is 9.97 Å². The van der Waals surface area contributed by atoms with Gasteiger partial charge in [-0.15, -0.1) is 0 Å². The van der Waals surface area contributed by atoms with E-state index in [2.05, 4.69) is 39.6 Å². The van der Waals surface area contributed by atoms with Crippen LogP contribution in [0.15, 0.2) is 36.7 Å². The van der Waals surface area contributed by atoms with Crippen LogP contribution in [0.2, 0.25) is 0 Å². The van der Waals surface area contributed by atoms with Crippen LogP contribution in [0.25, 0.3) is 0 Å². The molecule has 0 unspecified atom stereocenters. The zero-order chi connectivity index (χ0) is 11.7. The maximum absolute atomic E-state index is 12.7. The normalized spacial score (nSPS) is 14.6. The van der Waals surface area contributed by atoms with E-state index in [0.717, 1.165) is 12.8 Å². The minimum atomic E-state index is -0.412. The Hall–Kier alpha value is -1.97. The number of nitrogens with one attached hydrogen (secondary N) is 1. The van der Waals surface area contributed by atoms with Gasteiger partial charge < -0.3 is 5.32 Å². The van der Waals surface area contributed by atoms with E-state index in [9.17, 15) is 4.39 Å². The molecule has 0 fully saturated rings. The fourth-order valence-corrected chi connectivity index (χ4v) is 2.23. The molecule has 1 aliphatic rings. The molecule has 1 aromatic heterocycles. The standard InChI is InChI=1S/C13H12FN3/c14-11-7-15-13(16-8-11)17-12-5-9-3-1-2-4-10(9)6-12/h1-4,7-8,12H,5-6H2,(H,15,16,17). The maximum Gasteiger partial charge on any atom is 0.223 e. The molecule has 1 aliphatic carbocycles. The lowest BCUT2D eigenvalue weighted by atomic mass is 10.1. The lowest BCUT2D eigenvalue weighted by Crippen LogP contribution is -2.21. The van der Waals surface area contributed by atoms with Crippen molar-refractivity contribution in [2.24, 2.45) is 0 Å². The smallest absolute Gasteiger partial charge is 0.223 e. The Bertz CT molecular complexity index is 499. The number of nitrogens with zero attached hydrogens (tertiary/aromatic N) is 2. The van der Waals surface area contributed by atoms with E-state index in [1.54, 1.807) is 0 Å². The first kappa shape index (κ1) is 10.2. The first-order valence-corrected chi connectivity index (χ1v) is 5.62. The number of anilines is 1. The molecule has 86 valence electrons. The second-order valence-corrected chi connectivity index (χ2v) is 4.24. The molecule has 0 saturated heterocycles. The molecule has 2 aromatic rings. The molecular formula is C13H12FN3. The van der Waals surface area contributed by atoms with Gasteiger partial charge in [0, 0.05) is 6.04 Å². The summed E-state index contributed by atoms with van der Waals surface area (Å²) in [7, 11) is 0. The molecule has 0 spiro atoms. The van der Waals surface area contributed by atoms with Crippen LogP contribution in [-0.2, 0) is 12.8 Å². The molecule has 0 atom stereocenters. The summed E-state index contributed by atoms with van der Waals surface area (Å²) in [5, 5.41) is 3.23. The summed E-state index contributed by atoms with van der Waals surface area (Å²) in [5.41, 5.74) is 2.74.